The van der Waals surface area contributed by atoms with Gasteiger partial charge in [0.2, 0.25) is 16.4 Å². The van der Waals surface area contributed by atoms with Crippen LogP contribution in [0.15, 0.2) is 0 Å². The summed E-state index contributed by atoms with van der Waals surface area (Å²) in [6, 6.07) is 0. The van der Waals surface area contributed by atoms with Crippen LogP contribution in [-0.2, 0) is 43.5 Å². The minimum Gasteiger partial charge on any atom is -0.463 e. The third-order valence-corrected chi connectivity index (χ3v) is 7.22. The highest BCUT2D eigenvalue weighted by Gasteiger charge is 2.62. The zero-order chi connectivity index (χ0) is 24.1. The normalized spacial score (nSPS) is 25.0. The Kier molecular flexibility index (Phi) is 6.75. The lowest BCUT2D eigenvalue weighted by molar-refractivity contribution is -0.278. The van der Waals surface area contributed by atoms with Crippen LogP contribution in [0.1, 0.15) is 20.8 Å². The molecule has 0 amide bonds. The number of halogens is 5. The summed E-state index contributed by atoms with van der Waals surface area (Å²) >= 11 is 0. The first-order chi connectivity index (χ1) is 13.7. The number of ether oxygens (including phenoxy) is 3. The summed E-state index contributed by atoms with van der Waals surface area (Å²) in [5, 5.41) is -5.84. The van der Waals surface area contributed by atoms with E-state index in [0.29, 0.717) is 0 Å². The lowest BCUT2D eigenvalue weighted by Crippen LogP contribution is -2.54. The van der Waals surface area contributed by atoms with Gasteiger partial charge in [-0.3, -0.25) is 4.18 Å². The molecule has 10 nitrogen and oxygen atoms in total. The molecule has 2 unspecified atom stereocenters. The minimum absolute atomic E-state index is 0.115. The number of nitrogens with zero attached hydrogens (tertiary/aromatic N) is 1. The molecule has 2 heterocycles. The van der Waals surface area contributed by atoms with Gasteiger partial charge in [-0.15, -0.1) is 0 Å². The average molecular weight is 504 g/mol. The molecule has 2 atom stereocenters. The van der Waals surface area contributed by atoms with Gasteiger partial charge in [-0.1, -0.05) is 20.8 Å². The van der Waals surface area contributed by atoms with Gasteiger partial charge in [0.25, 0.3) is 0 Å². The van der Waals surface area contributed by atoms with Crippen LogP contribution in [0.5, 0.6) is 0 Å². The van der Waals surface area contributed by atoms with Gasteiger partial charge in [0.05, 0.1) is 26.4 Å². The fourth-order valence-corrected chi connectivity index (χ4v) is 5.10. The molecule has 0 bridgehead atoms. The Morgan fingerprint density at radius 1 is 1.10 bits per heavy atom. The van der Waals surface area contributed by atoms with Crippen molar-refractivity contribution in [3.8, 4) is 0 Å². The van der Waals surface area contributed by atoms with Gasteiger partial charge < -0.3 is 18.3 Å². The minimum atomic E-state index is -6.70. The van der Waals surface area contributed by atoms with E-state index in [4.69, 9.17) is 4.74 Å². The quantitative estimate of drug-likeness (QED) is 0.338. The molecule has 2 aliphatic rings. The second-order valence-corrected chi connectivity index (χ2v) is 11.3. The number of hydrogen-bond donors (Lipinski definition) is 0. The number of esters is 1. The first kappa shape index (κ1) is 26.1. The Morgan fingerprint density at radius 2 is 1.65 bits per heavy atom. The molecule has 0 saturated carbocycles. The van der Waals surface area contributed by atoms with E-state index in [1.807, 2.05) is 4.13 Å². The van der Waals surface area contributed by atoms with E-state index in [9.17, 15) is 43.6 Å². The lowest BCUT2D eigenvalue weighted by Gasteiger charge is -2.40. The molecule has 0 aromatic rings. The second kappa shape index (κ2) is 8.02. The monoisotopic (exact) mass is 504 g/mol. The fourth-order valence-electron chi connectivity index (χ4n) is 2.54. The Hall–Kier alpha value is -1.14. The maximum absolute atomic E-state index is 14.4. The van der Waals surface area contributed by atoms with Crippen molar-refractivity contribution < 1.29 is 62.0 Å². The van der Waals surface area contributed by atoms with Gasteiger partial charge in [-0.2, -0.15) is 22.0 Å². The second-order valence-electron chi connectivity index (χ2n) is 8.15. The number of hydrogen-bond acceptors (Lipinski definition) is 9. The zero-order valence-corrected chi connectivity index (χ0v) is 17.9. The first-order valence-electron chi connectivity index (χ1n) is 8.45. The molecule has 2 saturated heterocycles. The summed E-state index contributed by atoms with van der Waals surface area (Å²) < 4.78 is 135. The maximum atomic E-state index is 14.4. The molecule has 17 heteroatoms. The number of cyclic esters (lactones) is 1. The molecule has 0 aromatic carbocycles. The van der Waals surface area contributed by atoms with Crippen LogP contribution >= 0.6 is 0 Å². The summed E-state index contributed by atoms with van der Waals surface area (Å²) in [6.07, 6.45) is -12.1. The van der Waals surface area contributed by atoms with Crippen LogP contribution in [-0.4, -0.2) is 72.9 Å². The Balaban J connectivity index is 2.24. The largest absolute Gasteiger partial charge is 0.463 e. The Bertz CT molecular complexity index is 913. The molecule has 2 fully saturated rings. The highest BCUT2D eigenvalue weighted by Crippen LogP contribution is 2.43. The number of rotatable bonds is 9. The summed E-state index contributed by atoms with van der Waals surface area (Å²) in [4.78, 5) is 11.6. The van der Waals surface area contributed by atoms with E-state index in [1.165, 1.54) is 20.8 Å². The Labute approximate surface area is 174 Å². The van der Waals surface area contributed by atoms with E-state index in [1.54, 1.807) is 0 Å². The maximum Gasteiger partial charge on any atom is 0.421 e. The number of carbonyl (C=O) groups excluding carboxylic acids is 1. The van der Waals surface area contributed by atoms with Crippen molar-refractivity contribution in [3.05, 3.63) is 4.13 Å². The highest BCUT2D eigenvalue weighted by molar-refractivity contribution is 8.10. The average Bonchev–Trinajstić information content (AvgIpc) is 2.77. The van der Waals surface area contributed by atoms with Gasteiger partial charge in [-0.25, -0.2) is 21.6 Å². The predicted octanol–water partition coefficient (Wildman–Crippen LogP) is 1.48. The number of sulfonamides is 1. The van der Waals surface area contributed by atoms with Gasteiger partial charge in [0.15, 0.2) is 16.1 Å². The van der Waals surface area contributed by atoms with Crippen molar-refractivity contribution in [1.29, 1.82) is 0 Å². The van der Waals surface area contributed by atoms with Crippen molar-refractivity contribution >= 4 is 26.3 Å². The van der Waals surface area contributed by atoms with Gasteiger partial charge in [0, 0.05) is 10.8 Å². The van der Waals surface area contributed by atoms with E-state index >= 15 is 0 Å². The van der Waals surface area contributed by atoms with Gasteiger partial charge in [0.1, 0.15) is 0 Å². The fraction of sp³-hybridized carbons (Fsp3) is 0.929. The van der Waals surface area contributed by atoms with Crippen molar-refractivity contribution in [2.75, 3.05) is 26.4 Å². The molecule has 31 heavy (non-hydrogen) atoms. The van der Waals surface area contributed by atoms with Crippen molar-refractivity contribution in [2.45, 2.75) is 44.4 Å². The molecular weight excluding hydrogens is 485 g/mol. The molecule has 0 aromatic heterocycles. The van der Waals surface area contributed by atoms with Crippen LogP contribution in [0.2, 0.25) is 0 Å². The van der Waals surface area contributed by atoms with Crippen LogP contribution in [0, 0.1) is 10.8 Å². The lowest BCUT2D eigenvalue weighted by atomic mass is 9.90. The van der Waals surface area contributed by atoms with Gasteiger partial charge >= 0.3 is 17.4 Å². The summed E-state index contributed by atoms with van der Waals surface area (Å²) in [7, 11) is -12.5. The van der Waals surface area contributed by atoms with E-state index in [0.717, 1.165) is 0 Å². The first-order valence-corrected chi connectivity index (χ1v) is 11.3. The molecule has 0 N–H and O–H groups in total. The SMILES string of the molecule is CC1(COC(C(F)(F)F)C(F)(F)S(=O)(=O)[N-]S(=O)(=O)OC2C(=O)OCC2(C)C)COC1. The zero-order valence-electron chi connectivity index (χ0n) is 16.3. The van der Waals surface area contributed by atoms with Crippen molar-refractivity contribution in [2.24, 2.45) is 10.8 Å². The molecule has 2 rings (SSSR count). The third kappa shape index (κ3) is 5.62. The van der Waals surface area contributed by atoms with E-state index < -0.39 is 67.4 Å². The molecule has 2 aliphatic heterocycles. The molecule has 0 aliphatic carbocycles. The van der Waals surface area contributed by atoms with Crippen LogP contribution in [0.4, 0.5) is 22.0 Å². The van der Waals surface area contributed by atoms with Crippen LogP contribution < -0.4 is 0 Å². The molecular formula is C14H19F5NO9S2-. The number of carbonyl (C=O) groups is 1. The molecule has 182 valence electrons. The summed E-state index contributed by atoms with van der Waals surface area (Å²) in [6.45, 7) is 2.38. The Morgan fingerprint density at radius 3 is 2.03 bits per heavy atom. The summed E-state index contributed by atoms with van der Waals surface area (Å²) in [5.41, 5.74) is -2.38. The van der Waals surface area contributed by atoms with E-state index in [-0.39, 0.29) is 19.8 Å². The van der Waals surface area contributed by atoms with Crippen LogP contribution in [0.25, 0.3) is 4.13 Å². The predicted molar refractivity (Wildman–Crippen MR) is 90.5 cm³/mol. The van der Waals surface area contributed by atoms with E-state index in [2.05, 4.69) is 13.7 Å². The van der Waals surface area contributed by atoms with Crippen molar-refractivity contribution in [3.63, 3.8) is 0 Å². The molecule has 0 radical (unpaired) electrons. The molecule has 0 spiro atoms. The topological polar surface area (TPSA) is 136 Å². The standard InChI is InChI=1S/C14H19F5NO9S2/c1-11(2)4-27-9(21)8(11)29-31(24,25)20-30(22,23)14(18,19)10(13(15,16)17)28-7-12(3)5-26-6-12/h8,10H,4-7H2,1-3H3/q-1. The highest BCUT2D eigenvalue weighted by atomic mass is 32.3. The van der Waals surface area contributed by atoms with Gasteiger partial charge in [-0.05, 0) is 0 Å². The van der Waals surface area contributed by atoms with Crippen LogP contribution in [0.3, 0.4) is 0 Å². The van der Waals surface area contributed by atoms with Crippen molar-refractivity contribution in [1.82, 2.24) is 0 Å². The third-order valence-electron chi connectivity index (χ3n) is 4.36. The smallest absolute Gasteiger partial charge is 0.421 e. The number of alkyl halides is 5. The summed E-state index contributed by atoms with van der Waals surface area (Å²) in [5.74, 6) is -1.25.